The third-order valence-electron chi connectivity index (χ3n) is 4.85. The zero-order valence-electron chi connectivity index (χ0n) is 16.6. The van der Waals surface area contributed by atoms with Crippen molar-refractivity contribution in [2.75, 3.05) is 31.8 Å². The van der Waals surface area contributed by atoms with Gasteiger partial charge < -0.3 is 14.2 Å². The fraction of sp³-hybridized carbons (Fsp3) is 0.333. The van der Waals surface area contributed by atoms with Crippen LogP contribution in [-0.2, 0) is 9.53 Å². The SMILES string of the molecule is COc1ccc(Cl)c2sc(N(CC3CCCO3)C(=O)COc3ccc(Cl)cc3Cl)nc12. The van der Waals surface area contributed by atoms with E-state index in [0.29, 0.717) is 50.4 Å². The summed E-state index contributed by atoms with van der Waals surface area (Å²) in [5, 5.41) is 1.88. The summed E-state index contributed by atoms with van der Waals surface area (Å²) in [6.45, 7) is 0.842. The number of thiazole rings is 1. The maximum Gasteiger partial charge on any atom is 0.266 e. The molecule has 1 amide bonds. The molecule has 0 aliphatic carbocycles. The minimum absolute atomic E-state index is 0.0625. The standard InChI is InChI=1S/C21H19Cl3N2O4S/c1-28-17-7-5-14(23)20-19(17)25-21(31-20)26(10-13-3-2-8-29-13)18(27)11-30-16-6-4-12(22)9-15(16)24/h4-7,9,13H,2-3,8,10-11H2,1H3. The topological polar surface area (TPSA) is 60.9 Å². The summed E-state index contributed by atoms with van der Waals surface area (Å²) in [5.41, 5.74) is 0.613. The summed E-state index contributed by atoms with van der Waals surface area (Å²) in [7, 11) is 1.57. The third kappa shape index (κ3) is 5.02. The van der Waals surface area contributed by atoms with Crippen molar-refractivity contribution < 1.29 is 19.0 Å². The molecule has 1 aliphatic rings. The highest BCUT2D eigenvalue weighted by Crippen LogP contribution is 2.39. The molecule has 4 rings (SSSR count). The van der Waals surface area contributed by atoms with Gasteiger partial charge in [0.25, 0.3) is 5.91 Å². The molecule has 31 heavy (non-hydrogen) atoms. The molecule has 1 unspecified atom stereocenters. The van der Waals surface area contributed by atoms with E-state index in [0.717, 1.165) is 17.5 Å². The Morgan fingerprint density at radius 1 is 1.23 bits per heavy atom. The van der Waals surface area contributed by atoms with Gasteiger partial charge in [-0.3, -0.25) is 9.69 Å². The summed E-state index contributed by atoms with van der Waals surface area (Å²) >= 11 is 19.8. The van der Waals surface area contributed by atoms with Crippen LogP contribution in [0.4, 0.5) is 5.13 Å². The maximum atomic E-state index is 13.2. The van der Waals surface area contributed by atoms with Gasteiger partial charge in [0.2, 0.25) is 0 Å². The summed E-state index contributed by atoms with van der Waals surface area (Å²) < 4.78 is 17.6. The lowest BCUT2D eigenvalue weighted by Gasteiger charge is -2.23. The van der Waals surface area contributed by atoms with E-state index >= 15 is 0 Å². The predicted molar refractivity (Wildman–Crippen MR) is 124 cm³/mol. The van der Waals surface area contributed by atoms with Crippen molar-refractivity contribution in [2.24, 2.45) is 0 Å². The van der Waals surface area contributed by atoms with Gasteiger partial charge in [-0.05, 0) is 43.2 Å². The molecular formula is C21H19Cl3N2O4S. The van der Waals surface area contributed by atoms with Crippen LogP contribution in [0.1, 0.15) is 12.8 Å². The van der Waals surface area contributed by atoms with Gasteiger partial charge in [0.15, 0.2) is 11.7 Å². The predicted octanol–water partition coefficient (Wildman–Crippen LogP) is 5.86. The lowest BCUT2D eigenvalue weighted by Crippen LogP contribution is -2.40. The number of hydrogen-bond acceptors (Lipinski definition) is 6. The number of ether oxygens (including phenoxy) is 3. The van der Waals surface area contributed by atoms with Crippen LogP contribution in [0.15, 0.2) is 30.3 Å². The number of rotatable bonds is 7. The molecule has 0 saturated carbocycles. The number of anilines is 1. The smallest absolute Gasteiger partial charge is 0.266 e. The van der Waals surface area contributed by atoms with Crippen molar-refractivity contribution in [1.82, 2.24) is 4.98 Å². The van der Waals surface area contributed by atoms with E-state index in [-0.39, 0.29) is 18.6 Å². The zero-order chi connectivity index (χ0) is 22.0. The molecule has 1 fully saturated rings. The molecule has 3 aromatic rings. The molecule has 1 aliphatic heterocycles. The van der Waals surface area contributed by atoms with Crippen molar-refractivity contribution >= 4 is 67.4 Å². The van der Waals surface area contributed by atoms with E-state index in [1.807, 2.05) is 0 Å². The van der Waals surface area contributed by atoms with Crippen LogP contribution in [0.2, 0.25) is 15.1 Å². The summed E-state index contributed by atoms with van der Waals surface area (Å²) in [4.78, 5) is 19.4. The number of carbonyl (C=O) groups excluding carboxylic acids is 1. The van der Waals surface area contributed by atoms with Gasteiger partial charge in [-0.1, -0.05) is 46.1 Å². The van der Waals surface area contributed by atoms with Crippen LogP contribution in [-0.4, -0.2) is 43.9 Å². The Hall–Kier alpha value is -1.77. The molecule has 2 heterocycles. The first-order chi connectivity index (χ1) is 15.0. The number of carbonyl (C=O) groups is 1. The number of halogens is 3. The van der Waals surface area contributed by atoms with E-state index < -0.39 is 0 Å². The van der Waals surface area contributed by atoms with Gasteiger partial charge >= 0.3 is 0 Å². The maximum absolute atomic E-state index is 13.2. The summed E-state index contributed by atoms with van der Waals surface area (Å²) in [5.74, 6) is 0.705. The van der Waals surface area contributed by atoms with E-state index in [4.69, 9.17) is 49.0 Å². The van der Waals surface area contributed by atoms with Gasteiger partial charge in [0, 0.05) is 11.6 Å². The number of benzene rings is 2. The highest BCUT2D eigenvalue weighted by molar-refractivity contribution is 7.23. The Balaban J connectivity index is 1.61. The second kappa shape index (κ2) is 9.79. The normalized spacial score (nSPS) is 15.9. The van der Waals surface area contributed by atoms with Crippen molar-refractivity contribution in [1.29, 1.82) is 0 Å². The lowest BCUT2D eigenvalue weighted by atomic mass is 10.2. The van der Waals surface area contributed by atoms with Gasteiger partial charge in [-0.15, -0.1) is 0 Å². The Morgan fingerprint density at radius 3 is 2.74 bits per heavy atom. The number of methoxy groups -OCH3 is 1. The molecular weight excluding hydrogens is 483 g/mol. The first-order valence-corrected chi connectivity index (χ1v) is 11.5. The molecule has 1 atom stereocenters. The Kier molecular flexibility index (Phi) is 7.08. The summed E-state index contributed by atoms with van der Waals surface area (Å²) in [6, 6.07) is 8.35. The van der Waals surface area contributed by atoms with Crippen LogP contribution in [0, 0.1) is 0 Å². The highest BCUT2D eigenvalue weighted by atomic mass is 35.5. The average molecular weight is 502 g/mol. The molecule has 1 saturated heterocycles. The fourth-order valence-electron chi connectivity index (χ4n) is 3.31. The van der Waals surface area contributed by atoms with Gasteiger partial charge in [0.05, 0.1) is 34.5 Å². The molecule has 164 valence electrons. The minimum Gasteiger partial charge on any atom is -0.494 e. The Morgan fingerprint density at radius 2 is 2.03 bits per heavy atom. The quantitative estimate of drug-likeness (QED) is 0.406. The highest BCUT2D eigenvalue weighted by Gasteiger charge is 2.27. The molecule has 6 nitrogen and oxygen atoms in total. The Bertz CT molecular complexity index is 1100. The monoisotopic (exact) mass is 500 g/mol. The number of fused-ring (bicyclic) bond motifs is 1. The minimum atomic E-state index is -0.268. The van der Waals surface area contributed by atoms with E-state index in [1.54, 1.807) is 42.3 Å². The molecule has 0 N–H and O–H groups in total. The van der Waals surface area contributed by atoms with Crippen LogP contribution in [0.3, 0.4) is 0 Å². The van der Waals surface area contributed by atoms with Crippen LogP contribution >= 0.6 is 46.1 Å². The average Bonchev–Trinajstić information content (AvgIpc) is 3.42. The largest absolute Gasteiger partial charge is 0.494 e. The molecule has 0 bridgehead atoms. The number of aromatic nitrogens is 1. The summed E-state index contributed by atoms with van der Waals surface area (Å²) in [6.07, 6.45) is 1.78. The van der Waals surface area contributed by atoms with E-state index in [2.05, 4.69) is 4.98 Å². The van der Waals surface area contributed by atoms with Crippen molar-refractivity contribution in [3.63, 3.8) is 0 Å². The van der Waals surface area contributed by atoms with Gasteiger partial charge in [-0.25, -0.2) is 4.98 Å². The molecule has 2 aromatic carbocycles. The second-order valence-corrected chi connectivity index (χ2v) is 9.15. The first kappa shape index (κ1) is 22.4. The molecule has 0 spiro atoms. The van der Waals surface area contributed by atoms with Crippen molar-refractivity contribution in [3.05, 3.63) is 45.4 Å². The number of nitrogens with zero attached hydrogens (tertiary/aromatic N) is 2. The molecule has 1 aromatic heterocycles. The number of amides is 1. The van der Waals surface area contributed by atoms with Crippen molar-refractivity contribution in [3.8, 4) is 11.5 Å². The molecule has 0 radical (unpaired) electrons. The van der Waals surface area contributed by atoms with Gasteiger partial charge in [0.1, 0.15) is 17.0 Å². The Labute approximate surface area is 198 Å². The van der Waals surface area contributed by atoms with Crippen molar-refractivity contribution in [2.45, 2.75) is 18.9 Å². The van der Waals surface area contributed by atoms with Crippen LogP contribution in [0.5, 0.6) is 11.5 Å². The fourth-order valence-corrected chi connectivity index (χ4v) is 5.06. The lowest BCUT2D eigenvalue weighted by molar-refractivity contribution is -0.120. The second-order valence-electron chi connectivity index (χ2n) is 6.93. The van der Waals surface area contributed by atoms with E-state index in [1.165, 1.54) is 11.3 Å². The molecule has 10 heteroatoms. The third-order valence-corrected chi connectivity index (χ3v) is 6.92. The van der Waals surface area contributed by atoms with Crippen LogP contribution in [0.25, 0.3) is 10.2 Å². The van der Waals surface area contributed by atoms with Gasteiger partial charge in [-0.2, -0.15) is 0 Å². The first-order valence-electron chi connectivity index (χ1n) is 9.59. The zero-order valence-corrected chi connectivity index (χ0v) is 19.7. The van der Waals surface area contributed by atoms with Crippen LogP contribution < -0.4 is 14.4 Å². The van der Waals surface area contributed by atoms with E-state index in [9.17, 15) is 4.79 Å². The number of hydrogen-bond donors (Lipinski definition) is 0.